The molecule has 16 heavy (non-hydrogen) atoms. The van der Waals surface area contributed by atoms with Gasteiger partial charge in [0.2, 0.25) is 5.76 Å². The maximum atomic E-state index is 11.2. The fourth-order valence-corrected chi connectivity index (χ4v) is 1.18. The number of methoxy groups -OCH3 is 1. The summed E-state index contributed by atoms with van der Waals surface area (Å²) < 4.78 is 9.51. The van der Waals surface area contributed by atoms with Crippen molar-refractivity contribution in [3.63, 3.8) is 0 Å². The first-order valence-corrected chi connectivity index (χ1v) is 4.83. The zero-order valence-corrected chi connectivity index (χ0v) is 8.97. The number of hydrogen-bond donors (Lipinski definition) is 3. The second-order valence-corrected chi connectivity index (χ2v) is 3.23. The first kappa shape index (κ1) is 12.7. The zero-order chi connectivity index (χ0) is 12.0. The highest BCUT2D eigenvalue weighted by Gasteiger charge is 2.15. The highest BCUT2D eigenvalue weighted by atomic mass is 16.5. The average molecular weight is 229 g/mol. The van der Waals surface area contributed by atoms with Gasteiger partial charge in [0.25, 0.3) is 0 Å². The van der Waals surface area contributed by atoms with Gasteiger partial charge in [-0.25, -0.2) is 4.79 Å². The number of hydrogen-bond acceptors (Lipinski definition) is 6. The van der Waals surface area contributed by atoms with Crippen molar-refractivity contribution >= 4 is 5.97 Å². The third-order valence-corrected chi connectivity index (χ3v) is 2.02. The molecular formula is C10H15NO5. The standard InChI is InChI=1S/C10H15NO5/c1-15-10(14)9-7(2-3-16-9)4-11-5-8(13)6-12/h2-3,8,11-13H,4-6H2,1H3. The second-order valence-electron chi connectivity index (χ2n) is 3.23. The molecule has 6 nitrogen and oxygen atoms in total. The van der Waals surface area contributed by atoms with Crippen LogP contribution in [0.5, 0.6) is 0 Å². The number of carbonyl (C=O) groups excluding carboxylic acids is 1. The molecule has 0 aliphatic carbocycles. The summed E-state index contributed by atoms with van der Waals surface area (Å²) in [6.07, 6.45) is 0.583. The summed E-state index contributed by atoms with van der Waals surface area (Å²) in [4.78, 5) is 11.2. The van der Waals surface area contributed by atoms with E-state index in [0.29, 0.717) is 12.1 Å². The van der Waals surface area contributed by atoms with E-state index in [1.54, 1.807) is 6.07 Å². The SMILES string of the molecule is COC(=O)c1occc1CNCC(O)CO. The van der Waals surface area contributed by atoms with Crippen molar-refractivity contribution < 1.29 is 24.2 Å². The van der Waals surface area contributed by atoms with Crippen molar-refractivity contribution in [3.05, 3.63) is 23.7 Å². The van der Waals surface area contributed by atoms with Crippen molar-refractivity contribution in [2.75, 3.05) is 20.3 Å². The fraction of sp³-hybridized carbons (Fsp3) is 0.500. The van der Waals surface area contributed by atoms with Gasteiger partial charge < -0.3 is 24.7 Å². The van der Waals surface area contributed by atoms with Gasteiger partial charge >= 0.3 is 5.97 Å². The van der Waals surface area contributed by atoms with E-state index < -0.39 is 12.1 Å². The van der Waals surface area contributed by atoms with Crippen LogP contribution in [-0.2, 0) is 11.3 Å². The number of aliphatic hydroxyl groups excluding tert-OH is 2. The highest BCUT2D eigenvalue weighted by Crippen LogP contribution is 2.11. The van der Waals surface area contributed by atoms with Gasteiger partial charge in [0.1, 0.15) is 0 Å². The molecule has 0 aliphatic heterocycles. The first-order valence-electron chi connectivity index (χ1n) is 4.83. The van der Waals surface area contributed by atoms with Crippen LogP contribution in [0.15, 0.2) is 16.7 Å². The monoisotopic (exact) mass is 229 g/mol. The first-order chi connectivity index (χ1) is 7.69. The van der Waals surface area contributed by atoms with Crippen molar-refractivity contribution in [3.8, 4) is 0 Å². The molecule has 0 saturated heterocycles. The summed E-state index contributed by atoms with van der Waals surface area (Å²) in [5.74, 6) is -0.391. The summed E-state index contributed by atoms with van der Waals surface area (Å²) in [6, 6.07) is 1.64. The minimum absolute atomic E-state index is 0.147. The molecule has 6 heteroatoms. The number of carbonyl (C=O) groups is 1. The van der Waals surface area contributed by atoms with E-state index in [1.165, 1.54) is 13.4 Å². The Morgan fingerprint density at radius 2 is 2.44 bits per heavy atom. The van der Waals surface area contributed by atoms with Crippen molar-refractivity contribution in [2.24, 2.45) is 0 Å². The van der Waals surface area contributed by atoms with Crippen molar-refractivity contribution in [2.45, 2.75) is 12.6 Å². The van der Waals surface area contributed by atoms with Crippen LogP contribution in [-0.4, -0.2) is 42.5 Å². The molecule has 1 heterocycles. The van der Waals surface area contributed by atoms with Crippen LogP contribution in [0.3, 0.4) is 0 Å². The van der Waals surface area contributed by atoms with E-state index in [0.717, 1.165) is 0 Å². The lowest BCUT2D eigenvalue weighted by Gasteiger charge is -2.08. The minimum atomic E-state index is -0.812. The van der Waals surface area contributed by atoms with Crippen LogP contribution in [0.2, 0.25) is 0 Å². The van der Waals surface area contributed by atoms with Gasteiger partial charge in [-0.3, -0.25) is 0 Å². The van der Waals surface area contributed by atoms with Crippen LogP contribution in [0.4, 0.5) is 0 Å². The quantitative estimate of drug-likeness (QED) is 0.570. The molecule has 1 atom stereocenters. The third-order valence-electron chi connectivity index (χ3n) is 2.02. The highest BCUT2D eigenvalue weighted by molar-refractivity contribution is 5.87. The molecule has 1 unspecified atom stereocenters. The zero-order valence-electron chi connectivity index (χ0n) is 8.97. The van der Waals surface area contributed by atoms with Crippen LogP contribution in [0.1, 0.15) is 16.1 Å². The lowest BCUT2D eigenvalue weighted by molar-refractivity contribution is 0.0563. The van der Waals surface area contributed by atoms with Gasteiger partial charge in [-0.2, -0.15) is 0 Å². The number of aliphatic hydroxyl groups is 2. The second kappa shape index (κ2) is 6.26. The van der Waals surface area contributed by atoms with Gasteiger partial charge in [0.05, 0.1) is 26.1 Å². The Balaban J connectivity index is 2.48. The van der Waals surface area contributed by atoms with Gasteiger partial charge in [0.15, 0.2) is 0 Å². The Morgan fingerprint density at radius 3 is 3.06 bits per heavy atom. The Bertz CT molecular complexity index is 336. The summed E-state index contributed by atoms with van der Waals surface area (Å²) in [5, 5.41) is 20.6. The summed E-state index contributed by atoms with van der Waals surface area (Å²) in [7, 11) is 1.28. The number of furan rings is 1. The van der Waals surface area contributed by atoms with E-state index in [4.69, 9.17) is 14.6 Å². The largest absolute Gasteiger partial charge is 0.463 e. The molecule has 90 valence electrons. The molecule has 1 aromatic rings. The number of nitrogens with one attached hydrogen (secondary N) is 1. The third kappa shape index (κ3) is 3.34. The molecule has 3 N–H and O–H groups in total. The molecule has 0 amide bonds. The van der Waals surface area contributed by atoms with Gasteiger partial charge in [-0.1, -0.05) is 0 Å². The van der Waals surface area contributed by atoms with Crippen molar-refractivity contribution in [1.29, 1.82) is 0 Å². The van der Waals surface area contributed by atoms with Crippen LogP contribution < -0.4 is 5.32 Å². The molecule has 0 saturated carbocycles. The maximum Gasteiger partial charge on any atom is 0.374 e. The summed E-state index contributed by atoms with van der Waals surface area (Å²) >= 11 is 0. The van der Waals surface area contributed by atoms with Crippen LogP contribution in [0, 0.1) is 0 Å². The summed E-state index contributed by atoms with van der Waals surface area (Å²) in [6.45, 7) is 0.294. The van der Waals surface area contributed by atoms with Gasteiger partial charge in [-0.15, -0.1) is 0 Å². The van der Waals surface area contributed by atoms with Gasteiger partial charge in [0, 0.05) is 18.7 Å². The van der Waals surface area contributed by atoms with E-state index in [9.17, 15) is 4.79 Å². The molecule has 0 aliphatic rings. The van der Waals surface area contributed by atoms with Crippen LogP contribution >= 0.6 is 0 Å². The maximum absolute atomic E-state index is 11.2. The average Bonchev–Trinajstić information content (AvgIpc) is 2.76. The molecule has 0 radical (unpaired) electrons. The number of esters is 1. The predicted molar refractivity (Wildman–Crippen MR) is 54.8 cm³/mol. The minimum Gasteiger partial charge on any atom is -0.463 e. The topological polar surface area (TPSA) is 91.9 Å². The Hall–Kier alpha value is -1.37. The molecule has 1 rings (SSSR count). The smallest absolute Gasteiger partial charge is 0.374 e. The Morgan fingerprint density at radius 1 is 1.69 bits per heavy atom. The molecule has 0 spiro atoms. The molecular weight excluding hydrogens is 214 g/mol. The normalized spacial score (nSPS) is 12.4. The Labute approximate surface area is 92.8 Å². The molecule has 1 aromatic heterocycles. The molecule has 0 fully saturated rings. The number of ether oxygens (including phenoxy) is 1. The van der Waals surface area contributed by atoms with Crippen molar-refractivity contribution in [1.82, 2.24) is 5.32 Å². The summed E-state index contributed by atoms with van der Waals surface area (Å²) in [5.41, 5.74) is 0.650. The lowest BCUT2D eigenvalue weighted by atomic mass is 10.2. The predicted octanol–water partition coefficient (Wildman–Crippen LogP) is -0.491. The lowest BCUT2D eigenvalue weighted by Crippen LogP contribution is -2.29. The molecule has 0 bridgehead atoms. The van der Waals surface area contributed by atoms with E-state index in [1.807, 2.05) is 0 Å². The number of rotatable bonds is 6. The Kier molecular flexibility index (Phi) is 4.97. The van der Waals surface area contributed by atoms with E-state index in [2.05, 4.69) is 10.1 Å². The van der Waals surface area contributed by atoms with E-state index in [-0.39, 0.29) is 18.9 Å². The fourth-order valence-electron chi connectivity index (χ4n) is 1.18. The van der Waals surface area contributed by atoms with Gasteiger partial charge in [-0.05, 0) is 6.07 Å². The van der Waals surface area contributed by atoms with E-state index >= 15 is 0 Å². The molecule has 0 aromatic carbocycles. The van der Waals surface area contributed by atoms with Crippen LogP contribution in [0.25, 0.3) is 0 Å².